The summed E-state index contributed by atoms with van der Waals surface area (Å²) in [7, 11) is -3.19. The zero-order chi connectivity index (χ0) is 14.8. The van der Waals surface area contributed by atoms with E-state index < -0.39 is 10.0 Å². The number of rotatable bonds is 4. The lowest BCUT2D eigenvalue weighted by Gasteiger charge is -2.33. The van der Waals surface area contributed by atoms with Crippen molar-refractivity contribution in [2.75, 3.05) is 25.4 Å². The van der Waals surface area contributed by atoms with E-state index in [1.165, 1.54) is 0 Å². The molecule has 2 aliphatic rings. The third kappa shape index (κ3) is 3.69. The second-order valence-corrected chi connectivity index (χ2v) is 7.37. The fraction of sp³-hybridized carbons (Fsp3) is 0.833. The van der Waals surface area contributed by atoms with E-state index in [2.05, 4.69) is 10.0 Å². The predicted octanol–water partition coefficient (Wildman–Crippen LogP) is -0.947. The van der Waals surface area contributed by atoms with E-state index in [9.17, 15) is 18.0 Å². The normalized spacial score (nSPS) is 24.8. The number of amides is 2. The van der Waals surface area contributed by atoms with Crippen molar-refractivity contribution in [2.24, 2.45) is 5.92 Å². The quantitative estimate of drug-likeness (QED) is 0.700. The monoisotopic (exact) mass is 303 g/mol. The number of hydrogen-bond donors (Lipinski definition) is 2. The molecule has 0 aromatic heterocycles. The molecule has 7 nitrogen and oxygen atoms in total. The van der Waals surface area contributed by atoms with Crippen molar-refractivity contribution >= 4 is 21.8 Å². The minimum absolute atomic E-state index is 0.000138. The molecule has 2 N–H and O–H groups in total. The molecule has 1 unspecified atom stereocenters. The number of sulfonamides is 1. The molecular formula is C12H21N3O4S. The molecule has 1 atom stereocenters. The van der Waals surface area contributed by atoms with E-state index in [0.29, 0.717) is 32.5 Å². The lowest BCUT2D eigenvalue weighted by atomic mass is 10.0. The Balaban J connectivity index is 1.82. The van der Waals surface area contributed by atoms with Gasteiger partial charge in [0.2, 0.25) is 21.8 Å². The highest BCUT2D eigenvalue weighted by molar-refractivity contribution is 7.89. The summed E-state index contributed by atoms with van der Waals surface area (Å²) in [6.07, 6.45) is 1.51. The van der Waals surface area contributed by atoms with Gasteiger partial charge in [-0.1, -0.05) is 0 Å². The Labute approximate surface area is 119 Å². The summed E-state index contributed by atoms with van der Waals surface area (Å²) in [6.45, 7) is 3.10. The van der Waals surface area contributed by atoms with Gasteiger partial charge in [-0.25, -0.2) is 13.1 Å². The summed E-state index contributed by atoms with van der Waals surface area (Å²) < 4.78 is 25.6. The van der Waals surface area contributed by atoms with Crippen molar-refractivity contribution in [3.8, 4) is 0 Å². The van der Waals surface area contributed by atoms with Crippen LogP contribution in [0.15, 0.2) is 0 Å². The molecule has 2 fully saturated rings. The smallest absolute Gasteiger partial charge is 0.227 e. The van der Waals surface area contributed by atoms with Gasteiger partial charge in [-0.2, -0.15) is 0 Å². The average molecular weight is 303 g/mol. The van der Waals surface area contributed by atoms with Crippen molar-refractivity contribution in [2.45, 2.75) is 32.2 Å². The number of nitrogens with one attached hydrogen (secondary N) is 2. The first-order valence-corrected chi connectivity index (χ1v) is 8.62. The molecule has 2 amide bonds. The minimum atomic E-state index is -3.19. The Kier molecular flexibility index (Phi) is 4.64. The van der Waals surface area contributed by atoms with Crippen LogP contribution in [0.25, 0.3) is 0 Å². The Bertz CT molecular complexity index is 483. The topological polar surface area (TPSA) is 95.6 Å². The molecule has 0 saturated carbocycles. The second kappa shape index (κ2) is 6.09. The molecule has 2 rings (SSSR count). The highest BCUT2D eigenvalue weighted by Crippen LogP contribution is 2.18. The van der Waals surface area contributed by atoms with Crippen LogP contribution in [0.3, 0.4) is 0 Å². The molecule has 114 valence electrons. The Morgan fingerprint density at radius 2 is 2.05 bits per heavy atom. The fourth-order valence-corrected chi connectivity index (χ4v) is 3.50. The van der Waals surface area contributed by atoms with Crippen LogP contribution in [0.2, 0.25) is 0 Å². The molecule has 0 aromatic rings. The van der Waals surface area contributed by atoms with Crippen LogP contribution in [-0.2, 0) is 19.6 Å². The standard InChI is InChI=1S/C12H21N3O4S/c1-2-20(18,19)14-10-3-5-15(6-4-10)12(17)9-7-11(16)13-8-9/h9-10,14H,2-8H2,1H3,(H,13,16). The molecular weight excluding hydrogens is 282 g/mol. The van der Waals surface area contributed by atoms with Crippen molar-refractivity contribution in [3.63, 3.8) is 0 Å². The van der Waals surface area contributed by atoms with Crippen molar-refractivity contribution in [1.29, 1.82) is 0 Å². The Morgan fingerprint density at radius 1 is 1.40 bits per heavy atom. The van der Waals surface area contributed by atoms with Crippen LogP contribution in [0.1, 0.15) is 26.2 Å². The van der Waals surface area contributed by atoms with E-state index in [1.807, 2.05) is 0 Å². The number of nitrogens with zero attached hydrogens (tertiary/aromatic N) is 1. The van der Waals surface area contributed by atoms with Gasteiger partial charge in [0.05, 0.1) is 11.7 Å². The van der Waals surface area contributed by atoms with Crippen molar-refractivity contribution in [1.82, 2.24) is 14.9 Å². The van der Waals surface area contributed by atoms with Crippen LogP contribution in [0.4, 0.5) is 0 Å². The van der Waals surface area contributed by atoms with Crippen LogP contribution >= 0.6 is 0 Å². The van der Waals surface area contributed by atoms with Crippen LogP contribution in [-0.4, -0.2) is 56.6 Å². The fourth-order valence-electron chi connectivity index (χ4n) is 2.59. The Morgan fingerprint density at radius 3 is 2.55 bits per heavy atom. The van der Waals surface area contributed by atoms with E-state index >= 15 is 0 Å². The van der Waals surface area contributed by atoms with Gasteiger partial charge >= 0.3 is 0 Å². The van der Waals surface area contributed by atoms with Gasteiger partial charge in [0.15, 0.2) is 0 Å². The summed E-state index contributed by atoms with van der Waals surface area (Å²) in [4.78, 5) is 25.1. The zero-order valence-electron chi connectivity index (χ0n) is 11.6. The SMILES string of the molecule is CCS(=O)(=O)NC1CCN(C(=O)C2CNC(=O)C2)CC1. The van der Waals surface area contributed by atoms with Crippen LogP contribution in [0.5, 0.6) is 0 Å². The van der Waals surface area contributed by atoms with E-state index in [1.54, 1.807) is 11.8 Å². The summed E-state index contributed by atoms with van der Waals surface area (Å²) in [5.41, 5.74) is 0. The molecule has 8 heteroatoms. The summed E-state index contributed by atoms with van der Waals surface area (Å²) >= 11 is 0. The molecule has 2 heterocycles. The lowest BCUT2D eigenvalue weighted by molar-refractivity contribution is -0.136. The van der Waals surface area contributed by atoms with E-state index in [-0.39, 0.29) is 35.9 Å². The Hall–Kier alpha value is -1.15. The average Bonchev–Trinajstić information content (AvgIpc) is 2.85. The van der Waals surface area contributed by atoms with Gasteiger partial charge < -0.3 is 10.2 Å². The number of carbonyl (C=O) groups is 2. The zero-order valence-corrected chi connectivity index (χ0v) is 12.4. The first-order chi connectivity index (χ1) is 9.41. The molecule has 0 bridgehead atoms. The molecule has 0 aromatic carbocycles. The first kappa shape index (κ1) is 15.2. The first-order valence-electron chi connectivity index (χ1n) is 6.97. The van der Waals surface area contributed by atoms with Gasteiger partial charge in [0.1, 0.15) is 0 Å². The lowest BCUT2D eigenvalue weighted by Crippen LogP contribution is -2.48. The minimum Gasteiger partial charge on any atom is -0.355 e. The van der Waals surface area contributed by atoms with Gasteiger partial charge in [-0.05, 0) is 19.8 Å². The van der Waals surface area contributed by atoms with Gasteiger partial charge in [0, 0.05) is 32.1 Å². The summed E-state index contributed by atoms with van der Waals surface area (Å²) in [5, 5.41) is 2.66. The third-order valence-electron chi connectivity index (χ3n) is 3.86. The number of likely N-dealkylation sites (tertiary alicyclic amines) is 1. The van der Waals surface area contributed by atoms with Crippen molar-refractivity contribution < 1.29 is 18.0 Å². The van der Waals surface area contributed by atoms with E-state index in [0.717, 1.165) is 0 Å². The largest absolute Gasteiger partial charge is 0.355 e. The van der Waals surface area contributed by atoms with Gasteiger partial charge in [0.25, 0.3) is 0 Å². The summed E-state index contributed by atoms with van der Waals surface area (Å²) in [6, 6.07) is -0.0904. The second-order valence-electron chi connectivity index (χ2n) is 5.33. The van der Waals surface area contributed by atoms with E-state index in [4.69, 9.17) is 0 Å². The molecule has 0 aliphatic carbocycles. The molecule has 2 aliphatic heterocycles. The molecule has 2 saturated heterocycles. The maximum absolute atomic E-state index is 12.2. The maximum atomic E-state index is 12.2. The predicted molar refractivity (Wildman–Crippen MR) is 73.3 cm³/mol. The van der Waals surface area contributed by atoms with Crippen LogP contribution in [0, 0.1) is 5.92 Å². The van der Waals surface area contributed by atoms with Gasteiger partial charge in [-0.15, -0.1) is 0 Å². The highest BCUT2D eigenvalue weighted by atomic mass is 32.2. The third-order valence-corrected chi connectivity index (χ3v) is 5.31. The number of hydrogen-bond acceptors (Lipinski definition) is 4. The number of carbonyl (C=O) groups excluding carboxylic acids is 2. The molecule has 0 radical (unpaired) electrons. The van der Waals surface area contributed by atoms with Crippen molar-refractivity contribution in [3.05, 3.63) is 0 Å². The summed E-state index contributed by atoms with van der Waals surface area (Å²) in [5.74, 6) is -0.261. The molecule has 0 spiro atoms. The highest BCUT2D eigenvalue weighted by Gasteiger charge is 2.33. The molecule has 20 heavy (non-hydrogen) atoms. The maximum Gasteiger partial charge on any atom is 0.227 e. The number of piperidine rings is 1. The van der Waals surface area contributed by atoms with Crippen LogP contribution < -0.4 is 10.0 Å². The van der Waals surface area contributed by atoms with Gasteiger partial charge in [-0.3, -0.25) is 9.59 Å².